The van der Waals surface area contributed by atoms with Gasteiger partial charge in [0, 0.05) is 85.0 Å². The molecular weight excluding hydrogens is 765 g/mol. The number of nitrogens with zero attached hydrogens (tertiary/aromatic N) is 3. The normalized spacial score (nSPS) is 27.3. The Kier molecular flexibility index (Phi) is 19.6. The molecule has 0 unspecified atom stereocenters. The van der Waals surface area contributed by atoms with E-state index >= 15 is 0 Å². The average molecular weight is 863 g/mol. The van der Waals surface area contributed by atoms with Gasteiger partial charge in [-0.1, -0.05) is 18.2 Å². The summed E-state index contributed by atoms with van der Waals surface area (Å²) in [6.45, 7) is 54.9. The fraction of sp³-hybridized carbons (Fsp3) is 0.863. The van der Waals surface area contributed by atoms with Crippen molar-refractivity contribution in [2.45, 2.75) is 244 Å². The number of methoxy groups -OCH3 is 3. The Labute approximate surface area is 376 Å². The van der Waals surface area contributed by atoms with Crippen LogP contribution in [0.4, 0.5) is 0 Å². The van der Waals surface area contributed by atoms with Crippen LogP contribution >= 0.6 is 0 Å². The summed E-state index contributed by atoms with van der Waals surface area (Å²) in [4.78, 5) is 25.7. The van der Waals surface area contributed by atoms with E-state index in [2.05, 4.69) is 139 Å². The second-order valence-corrected chi connectivity index (χ2v) is 24.3. The van der Waals surface area contributed by atoms with Gasteiger partial charge in [0.1, 0.15) is 5.78 Å². The minimum atomic E-state index is -0.234. The third-order valence-electron chi connectivity index (χ3n) is 12.9. The minimum absolute atomic E-state index is 0.00926. The molecule has 0 radical (unpaired) electrons. The Morgan fingerprint density at radius 1 is 0.475 bits per heavy atom. The number of likely N-dealkylation sites (tertiary alicyclic amines) is 1. The smallest absolute Gasteiger partial charge is 0.136 e. The summed E-state index contributed by atoms with van der Waals surface area (Å²) in [6.07, 6.45) is 12.8. The van der Waals surface area contributed by atoms with E-state index in [1.54, 1.807) is 19.3 Å². The van der Waals surface area contributed by atoms with Crippen LogP contribution in [0, 0.1) is 0 Å². The molecule has 4 rings (SSSR count). The topological polar surface area (TPSA) is 85.0 Å². The number of carbonyl (C=O) groups is 1. The first-order valence-electron chi connectivity index (χ1n) is 22.7. The van der Waals surface area contributed by atoms with E-state index in [-0.39, 0.29) is 61.1 Å². The van der Waals surface area contributed by atoms with Gasteiger partial charge in [-0.25, -0.2) is 0 Å². The summed E-state index contributed by atoms with van der Waals surface area (Å²) in [6, 6.07) is 0. The molecule has 4 aliphatic rings. The number of hydrogen-bond donors (Lipinski definition) is 1. The van der Waals surface area contributed by atoms with E-state index < -0.39 is 0 Å². The Hall–Kier alpha value is -1.47. The molecular formula is C51H98N4O6. The van der Waals surface area contributed by atoms with Crippen LogP contribution in [0.5, 0.6) is 0 Å². The monoisotopic (exact) mass is 863 g/mol. The highest BCUT2D eigenvalue weighted by Crippen LogP contribution is 2.46. The van der Waals surface area contributed by atoms with Crippen molar-refractivity contribution in [2.75, 3.05) is 41.1 Å². The maximum Gasteiger partial charge on any atom is 0.136 e. The molecule has 4 aliphatic heterocycles. The fourth-order valence-corrected chi connectivity index (χ4v) is 12.7. The van der Waals surface area contributed by atoms with Crippen molar-refractivity contribution in [1.82, 2.24) is 20.3 Å². The van der Waals surface area contributed by atoms with E-state index in [0.29, 0.717) is 31.8 Å². The lowest BCUT2D eigenvalue weighted by Gasteiger charge is -2.58. The van der Waals surface area contributed by atoms with Crippen LogP contribution in [0.1, 0.15) is 183 Å². The molecule has 0 aliphatic carbocycles. The van der Waals surface area contributed by atoms with Crippen molar-refractivity contribution in [1.29, 1.82) is 0 Å². The first-order valence-corrected chi connectivity index (χ1v) is 22.7. The van der Waals surface area contributed by atoms with Crippen molar-refractivity contribution >= 4 is 5.78 Å². The first kappa shape index (κ1) is 57.5. The SMILES string of the molecule is C=CCN1C(C)(C)CC(C)(OC)CC1(C)C.C=CCON1C(C)(C)CC(=O)CC1(C)C.C=CCON1C(C)(C)CC(C)(OC)CC1(C)C.COC1(C)CC(C)(C)NC(C)(C)C1. The molecule has 1 N–H and O–H groups in total. The van der Waals surface area contributed by atoms with Gasteiger partial charge in [0.2, 0.25) is 0 Å². The van der Waals surface area contributed by atoms with Gasteiger partial charge in [-0.15, -0.1) is 19.7 Å². The summed E-state index contributed by atoms with van der Waals surface area (Å²) in [5.74, 6) is 0.309. The molecule has 4 fully saturated rings. The average Bonchev–Trinajstić information content (AvgIpc) is 3.03. The Balaban J connectivity index is 0.000000408. The number of ether oxygens (including phenoxy) is 3. The van der Waals surface area contributed by atoms with Gasteiger partial charge in [0.05, 0.1) is 30.0 Å². The van der Waals surface area contributed by atoms with Crippen molar-refractivity contribution in [2.24, 2.45) is 0 Å². The Morgan fingerprint density at radius 3 is 1.07 bits per heavy atom. The van der Waals surface area contributed by atoms with Crippen LogP contribution in [0.2, 0.25) is 0 Å². The van der Waals surface area contributed by atoms with Crippen molar-refractivity contribution in [3.8, 4) is 0 Å². The van der Waals surface area contributed by atoms with Crippen LogP contribution in [-0.4, -0.2) is 123 Å². The lowest BCUT2D eigenvalue weighted by Crippen LogP contribution is -2.65. The maximum absolute atomic E-state index is 11.6. The minimum Gasteiger partial charge on any atom is -0.378 e. The third kappa shape index (κ3) is 16.5. The summed E-state index contributed by atoms with van der Waals surface area (Å²) in [5.41, 5.74) is 0.0269. The molecule has 0 bridgehead atoms. The van der Waals surface area contributed by atoms with Gasteiger partial charge in [-0.05, 0) is 170 Å². The maximum atomic E-state index is 11.6. The summed E-state index contributed by atoms with van der Waals surface area (Å²) in [7, 11) is 5.44. The number of Topliss-reactive ketones (excluding diaryl/α,β-unsaturated/α-hetero) is 1. The summed E-state index contributed by atoms with van der Waals surface area (Å²) in [5, 5.41) is 7.70. The van der Waals surface area contributed by atoms with Gasteiger partial charge < -0.3 is 19.5 Å². The van der Waals surface area contributed by atoms with Crippen molar-refractivity contribution in [3.05, 3.63) is 38.0 Å². The molecule has 358 valence electrons. The second kappa shape index (κ2) is 20.8. The van der Waals surface area contributed by atoms with Crippen LogP contribution in [-0.2, 0) is 28.7 Å². The molecule has 0 aromatic carbocycles. The van der Waals surface area contributed by atoms with Crippen LogP contribution < -0.4 is 5.32 Å². The molecule has 10 heteroatoms. The van der Waals surface area contributed by atoms with E-state index in [1.165, 1.54) is 0 Å². The lowest BCUT2D eigenvalue weighted by molar-refractivity contribution is -0.300. The number of carbonyl (C=O) groups excluding carboxylic acids is 1. The summed E-state index contributed by atoms with van der Waals surface area (Å²) >= 11 is 0. The highest BCUT2D eigenvalue weighted by Gasteiger charge is 2.52. The molecule has 0 atom stereocenters. The van der Waals surface area contributed by atoms with Gasteiger partial charge in [-0.3, -0.25) is 19.4 Å². The van der Waals surface area contributed by atoms with Gasteiger partial charge in [0.25, 0.3) is 0 Å². The van der Waals surface area contributed by atoms with E-state index in [1.807, 2.05) is 53.1 Å². The predicted octanol–water partition coefficient (Wildman–Crippen LogP) is 11.1. The molecule has 4 heterocycles. The number of hydroxylamine groups is 4. The highest BCUT2D eigenvalue weighted by molar-refractivity contribution is 5.81. The molecule has 0 saturated carbocycles. The fourth-order valence-electron chi connectivity index (χ4n) is 12.7. The van der Waals surface area contributed by atoms with Gasteiger partial charge >= 0.3 is 0 Å². The van der Waals surface area contributed by atoms with Gasteiger partial charge in [0.15, 0.2) is 0 Å². The summed E-state index contributed by atoms with van der Waals surface area (Å²) < 4.78 is 17.0. The largest absolute Gasteiger partial charge is 0.378 e. The molecule has 4 saturated heterocycles. The second-order valence-electron chi connectivity index (χ2n) is 24.3. The lowest BCUT2D eigenvalue weighted by atomic mass is 9.71. The molecule has 0 amide bonds. The number of nitrogens with one attached hydrogen (secondary N) is 1. The number of hydrogen-bond acceptors (Lipinski definition) is 10. The predicted molar refractivity (Wildman–Crippen MR) is 257 cm³/mol. The Bertz CT molecular complexity index is 1370. The molecule has 10 nitrogen and oxygen atoms in total. The quantitative estimate of drug-likeness (QED) is 0.203. The molecule has 0 aromatic rings. The van der Waals surface area contributed by atoms with E-state index in [0.717, 1.165) is 45.1 Å². The van der Waals surface area contributed by atoms with Crippen LogP contribution in [0.15, 0.2) is 38.0 Å². The zero-order valence-electron chi connectivity index (χ0n) is 43.9. The van der Waals surface area contributed by atoms with E-state index in [4.69, 9.17) is 23.9 Å². The van der Waals surface area contributed by atoms with Crippen molar-refractivity contribution < 1.29 is 28.7 Å². The van der Waals surface area contributed by atoms with E-state index in [9.17, 15) is 4.79 Å². The molecule has 0 spiro atoms. The number of ketones is 1. The van der Waals surface area contributed by atoms with Crippen LogP contribution in [0.25, 0.3) is 0 Å². The molecule has 0 aromatic heterocycles. The highest BCUT2D eigenvalue weighted by atomic mass is 16.7. The van der Waals surface area contributed by atoms with Crippen LogP contribution in [0.3, 0.4) is 0 Å². The zero-order valence-corrected chi connectivity index (χ0v) is 43.9. The third-order valence-corrected chi connectivity index (χ3v) is 12.9. The number of piperidine rings is 4. The molecule has 61 heavy (non-hydrogen) atoms. The first-order chi connectivity index (χ1) is 27.3. The Morgan fingerprint density at radius 2 is 0.770 bits per heavy atom. The number of rotatable bonds is 11. The zero-order chi connectivity index (χ0) is 48.0. The van der Waals surface area contributed by atoms with Crippen molar-refractivity contribution in [3.63, 3.8) is 0 Å². The standard InChI is InChI=1S/C14H27NO2.C14H27NO.C12H21NO2.C11H23NO/c1-8-9-17-15-12(2,3)10-14(6,16-7)11-13(15,4)5;1-8-9-15-12(2,3)10-14(6,16-7)11-13(15,4)5;1-6-7-15-13-11(2,3)8-10(14)9-12(13,4)5;1-9(2)7-11(5,13-6)8-10(3,4)12-9/h8H,1,9-11H2,2-7H3;8H,1,9-11H2,2-7H3;6H,1,7-9H2,2-5H3;12H,7-8H2,1-6H3. The van der Waals surface area contributed by atoms with Gasteiger partial charge in [-0.2, -0.15) is 10.1 Å².